The highest BCUT2D eigenvalue weighted by Gasteiger charge is 2.38. The summed E-state index contributed by atoms with van der Waals surface area (Å²) < 4.78 is 41.3. The monoisotopic (exact) mass is 335 g/mol. The molecule has 0 unspecified atom stereocenters. The topological polar surface area (TPSA) is 81.4 Å². The average Bonchev–Trinajstić information content (AvgIpc) is 3.03. The number of halogens is 3. The Labute approximate surface area is 134 Å². The highest BCUT2D eigenvalue weighted by atomic mass is 19.4. The maximum atomic E-state index is 13.3. The maximum Gasteiger partial charge on any atom is 0.434 e. The number of tetrazole rings is 1. The number of anilines is 1. The van der Waals surface area contributed by atoms with E-state index in [9.17, 15) is 13.2 Å². The molecule has 0 amide bonds. The second-order valence-corrected chi connectivity index (χ2v) is 4.95. The minimum atomic E-state index is -4.67. The Morgan fingerprint density at radius 2 is 1.83 bits per heavy atom. The van der Waals surface area contributed by atoms with Crippen molar-refractivity contribution in [2.45, 2.75) is 13.1 Å². The van der Waals surface area contributed by atoms with Crippen LogP contribution in [-0.2, 0) is 6.18 Å². The molecule has 10 heteroatoms. The van der Waals surface area contributed by atoms with E-state index in [1.165, 1.54) is 11.7 Å². The molecular formula is C14H12F3N7. The summed E-state index contributed by atoms with van der Waals surface area (Å²) in [7, 11) is 1.44. The van der Waals surface area contributed by atoms with Crippen LogP contribution in [0.3, 0.4) is 0 Å². The third-order valence-electron chi connectivity index (χ3n) is 3.27. The first-order valence-electron chi connectivity index (χ1n) is 6.88. The van der Waals surface area contributed by atoms with E-state index in [0.29, 0.717) is 5.69 Å². The fourth-order valence-corrected chi connectivity index (χ4v) is 2.10. The molecule has 24 heavy (non-hydrogen) atoms. The van der Waals surface area contributed by atoms with Gasteiger partial charge in [-0.15, -0.1) is 5.10 Å². The van der Waals surface area contributed by atoms with E-state index in [0.717, 1.165) is 11.8 Å². The SMILES string of the molecule is CNc1ncc(-c2nnnn2-c2ccc(C)cc2)c(C(F)(F)F)n1. The zero-order chi connectivity index (χ0) is 17.3. The molecule has 1 N–H and O–H groups in total. The maximum absolute atomic E-state index is 13.3. The van der Waals surface area contributed by atoms with Crippen molar-refractivity contribution in [3.63, 3.8) is 0 Å². The second-order valence-electron chi connectivity index (χ2n) is 4.95. The molecule has 0 atom stereocenters. The second kappa shape index (κ2) is 5.87. The molecule has 3 rings (SSSR count). The lowest BCUT2D eigenvalue weighted by atomic mass is 10.2. The smallest absolute Gasteiger partial charge is 0.357 e. The molecular weight excluding hydrogens is 323 g/mol. The summed E-state index contributed by atoms with van der Waals surface area (Å²) in [6.45, 7) is 1.90. The Hall–Kier alpha value is -3.04. The van der Waals surface area contributed by atoms with Gasteiger partial charge in [-0.3, -0.25) is 0 Å². The van der Waals surface area contributed by atoms with Crippen LogP contribution in [0.2, 0.25) is 0 Å². The van der Waals surface area contributed by atoms with Gasteiger partial charge < -0.3 is 5.32 Å². The van der Waals surface area contributed by atoms with Crippen molar-refractivity contribution < 1.29 is 13.2 Å². The van der Waals surface area contributed by atoms with Gasteiger partial charge in [-0.25, -0.2) is 9.97 Å². The molecule has 124 valence electrons. The molecule has 1 aromatic carbocycles. The van der Waals surface area contributed by atoms with Crippen molar-refractivity contribution >= 4 is 5.95 Å². The lowest BCUT2D eigenvalue weighted by Gasteiger charge is -2.12. The normalized spacial score (nSPS) is 11.5. The molecule has 0 spiro atoms. The number of rotatable bonds is 3. The highest BCUT2D eigenvalue weighted by Crippen LogP contribution is 2.35. The minimum Gasteiger partial charge on any atom is -0.357 e. The third kappa shape index (κ3) is 2.90. The number of nitrogens with one attached hydrogen (secondary N) is 1. The lowest BCUT2D eigenvalue weighted by Crippen LogP contribution is -2.14. The van der Waals surface area contributed by atoms with Gasteiger partial charge in [-0.2, -0.15) is 17.9 Å². The van der Waals surface area contributed by atoms with E-state index in [2.05, 4.69) is 30.8 Å². The van der Waals surface area contributed by atoms with Crippen LogP contribution < -0.4 is 5.32 Å². The molecule has 3 aromatic rings. The van der Waals surface area contributed by atoms with Crippen molar-refractivity contribution in [3.05, 3.63) is 41.7 Å². The number of aryl methyl sites for hydroxylation is 1. The summed E-state index contributed by atoms with van der Waals surface area (Å²) in [5.74, 6) is -0.228. The van der Waals surface area contributed by atoms with Crippen molar-refractivity contribution in [1.82, 2.24) is 30.2 Å². The van der Waals surface area contributed by atoms with Gasteiger partial charge in [-0.05, 0) is 29.5 Å². The fraction of sp³-hybridized carbons (Fsp3) is 0.214. The molecule has 0 aliphatic rings. The largest absolute Gasteiger partial charge is 0.434 e. The van der Waals surface area contributed by atoms with E-state index in [4.69, 9.17) is 0 Å². The fourth-order valence-electron chi connectivity index (χ4n) is 2.10. The van der Waals surface area contributed by atoms with Crippen LogP contribution in [0.25, 0.3) is 17.1 Å². The lowest BCUT2D eigenvalue weighted by molar-refractivity contribution is -0.140. The minimum absolute atomic E-state index is 0.0890. The number of nitrogens with zero attached hydrogens (tertiary/aromatic N) is 6. The Morgan fingerprint density at radius 3 is 2.46 bits per heavy atom. The van der Waals surface area contributed by atoms with Crippen LogP contribution in [0.1, 0.15) is 11.3 Å². The van der Waals surface area contributed by atoms with E-state index in [-0.39, 0.29) is 17.3 Å². The van der Waals surface area contributed by atoms with Gasteiger partial charge in [0.15, 0.2) is 11.5 Å². The highest BCUT2D eigenvalue weighted by molar-refractivity contribution is 5.61. The third-order valence-corrected chi connectivity index (χ3v) is 3.27. The molecule has 2 aromatic heterocycles. The van der Waals surface area contributed by atoms with E-state index < -0.39 is 11.9 Å². The van der Waals surface area contributed by atoms with Gasteiger partial charge in [0, 0.05) is 13.2 Å². The summed E-state index contributed by atoms with van der Waals surface area (Å²) in [5, 5.41) is 13.5. The van der Waals surface area contributed by atoms with E-state index >= 15 is 0 Å². The van der Waals surface area contributed by atoms with E-state index in [1.807, 2.05) is 19.1 Å². The molecule has 0 radical (unpaired) electrons. The van der Waals surface area contributed by atoms with Crippen LogP contribution in [-0.4, -0.2) is 37.2 Å². The average molecular weight is 335 g/mol. The summed E-state index contributed by atoms with van der Waals surface area (Å²) in [6, 6.07) is 7.05. The molecule has 0 aliphatic heterocycles. The van der Waals surface area contributed by atoms with Gasteiger partial charge in [0.25, 0.3) is 0 Å². The quantitative estimate of drug-likeness (QED) is 0.792. The Morgan fingerprint density at radius 1 is 1.12 bits per heavy atom. The number of aromatic nitrogens is 6. The standard InChI is InChI=1S/C14H12F3N7/c1-8-3-5-9(6-4-8)24-12(21-22-23-24)10-7-19-13(18-2)20-11(10)14(15,16)17/h3-7H,1-2H3,(H,18,19,20). The summed E-state index contributed by atoms with van der Waals surface area (Å²) in [6.07, 6.45) is -3.62. The Balaban J connectivity index is 2.17. The Kier molecular flexibility index (Phi) is 3.87. The predicted octanol–water partition coefficient (Wildman–Crippen LogP) is 2.49. The number of hydrogen-bond donors (Lipinski definition) is 1. The van der Waals surface area contributed by atoms with Gasteiger partial charge in [0.1, 0.15) is 0 Å². The number of benzene rings is 1. The summed E-state index contributed by atoms with van der Waals surface area (Å²) in [5.41, 5.74) is 0.134. The first-order valence-corrected chi connectivity index (χ1v) is 6.88. The molecule has 0 saturated heterocycles. The molecule has 2 heterocycles. The van der Waals surface area contributed by atoms with Crippen LogP contribution in [0.15, 0.2) is 30.5 Å². The van der Waals surface area contributed by atoms with Crippen LogP contribution >= 0.6 is 0 Å². The zero-order valence-electron chi connectivity index (χ0n) is 12.7. The van der Waals surface area contributed by atoms with Crippen molar-refractivity contribution in [2.24, 2.45) is 0 Å². The van der Waals surface area contributed by atoms with Crippen molar-refractivity contribution in [1.29, 1.82) is 0 Å². The van der Waals surface area contributed by atoms with Crippen LogP contribution in [0.5, 0.6) is 0 Å². The molecule has 0 saturated carbocycles. The first-order chi connectivity index (χ1) is 11.4. The van der Waals surface area contributed by atoms with Gasteiger partial charge >= 0.3 is 6.18 Å². The van der Waals surface area contributed by atoms with Crippen molar-refractivity contribution in [3.8, 4) is 17.1 Å². The number of hydrogen-bond acceptors (Lipinski definition) is 6. The van der Waals surface area contributed by atoms with E-state index in [1.54, 1.807) is 12.1 Å². The first kappa shape index (κ1) is 15.8. The molecule has 0 fully saturated rings. The van der Waals surface area contributed by atoms with Crippen LogP contribution in [0.4, 0.5) is 19.1 Å². The van der Waals surface area contributed by atoms with Gasteiger partial charge in [0.2, 0.25) is 5.95 Å². The summed E-state index contributed by atoms with van der Waals surface area (Å²) >= 11 is 0. The molecule has 0 bridgehead atoms. The molecule has 0 aliphatic carbocycles. The molecule has 7 nitrogen and oxygen atoms in total. The van der Waals surface area contributed by atoms with Gasteiger partial charge in [0.05, 0.1) is 11.3 Å². The summed E-state index contributed by atoms with van der Waals surface area (Å²) in [4.78, 5) is 7.36. The van der Waals surface area contributed by atoms with Crippen molar-refractivity contribution in [2.75, 3.05) is 12.4 Å². The zero-order valence-corrected chi connectivity index (χ0v) is 12.7. The number of alkyl halides is 3. The van der Waals surface area contributed by atoms with Crippen LogP contribution in [0, 0.1) is 6.92 Å². The predicted molar refractivity (Wildman–Crippen MR) is 79.5 cm³/mol. The van der Waals surface area contributed by atoms with Gasteiger partial charge in [-0.1, -0.05) is 17.7 Å². The Bertz CT molecular complexity index is 856.